The maximum Gasteiger partial charge on any atom is 0.306 e. The van der Waals surface area contributed by atoms with Gasteiger partial charge >= 0.3 is 17.9 Å². The molecule has 0 rings (SSSR count). The fourth-order valence-electron chi connectivity index (χ4n) is 9.52. The van der Waals surface area contributed by atoms with Gasteiger partial charge in [-0.05, 0) is 134 Å². The van der Waals surface area contributed by atoms with Gasteiger partial charge in [-0.3, -0.25) is 19.3 Å². The second-order valence-corrected chi connectivity index (χ2v) is 36.8. The van der Waals surface area contributed by atoms with E-state index in [2.05, 4.69) is 93.4 Å². The van der Waals surface area contributed by atoms with Crippen LogP contribution in [0.4, 0.5) is 0 Å². The Morgan fingerprint density at radius 1 is 0.395 bits per heavy atom. The largest absolute Gasteiger partial charge is 0.466 e. The fraction of sp³-hybridized carbons (Fsp3) is 0.954. The predicted octanol–water partition coefficient (Wildman–Crippen LogP) is 20.0. The van der Waals surface area contributed by atoms with Crippen LogP contribution in [-0.2, 0) is 37.4 Å². The van der Waals surface area contributed by atoms with E-state index in [1.54, 1.807) is 0 Å². The van der Waals surface area contributed by atoms with Gasteiger partial charge in [0, 0.05) is 32.4 Å². The number of esters is 3. The number of rotatable bonds is 50. The molecule has 0 aliphatic heterocycles. The van der Waals surface area contributed by atoms with Crippen LogP contribution in [-0.4, -0.2) is 89.6 Å². The summed E-state index contributed by atoms with van der Waals surface area (Å²) in [7, 11) is -4.31. The molecule has 2 unspecified atom stereocenters. The van der Waals surface area contributed by atoms with E-state index in [0.717, 1.165) is 122 Å². The Morgan fingerprint density at radius 3 is 1.17 bits per heavy atom. The van der Waals surface area contributed by atoms with Gasteiger partial charge in [-0.1, -0.05) is 204 Å². The van der Waals surface area contributed by atoms with Gasteiger partial charge in [0.15, 0.2) is 16.6 Å². The van der Waals surface area contributed by atoms with Gasteiger partial charge in [0.25, 0.3) is 0 Å². The van der Waals surface area contributed by atoms with Crippen molar-refractivity contribution in [3.05, 3.63) is 0 Å². The average Bonchev–Trinajstić information content (AvgIpc) is 3.31. The molecule has 0 bridgehead atoms. The van der Waals surface area contributed by atoms with Gasteiger partial charge in [0.2, 0.25) is 0 Å². The molecule has 0 N–H and O–H groups in total. The number of nitrogens with zero attached hydrogens (tertiary/aromatic N) is 1. The zero-order valence-corrected chi connectivity index (χ0v) is 55.7. The number of hydrogen-bond acceptors (Lipinski definition) is 9. The first kappa shape index (κ1) is 74.7. The fourth-order valence-corrected chi connectivity index (χ4v) is 12.3. The van der Waals surface area contributed by atoms with E-state index in [1.165, 1.54) is 109 Å². The second kappa shape index (κ2) is 43.5. The molecule has 0 aliphatic carbocycles. The predicted molar refractivity (Wildman–Crippen MR) is 330 cm³/mol. The van der Waals surface area contributed by atoms with E-state index in [9.17, 15) is 14.4 Å². The molecule has 76 heavy (non-hydrogen) atoms. The molecule has 2 atom stereocenters. The van der Waals surface area contributed by atoms with Crippen LogP contribution in [0.2, 0.25) is 36.3 Å². The van der Waals surface area contributed by atoms with Crippen LogP contribution < -0.4 is 0 Å². The Morgan fingerprint density at radius 2 is 0.737 bits per heavy atom. The van der Waals surface area contributed by atoms with Gasteiger partial charge in [-0.15, -0.1) is 0 Å². The van der Waals surface area contributed by atoms with Crippen LogP contribution in [0.3, 0.4) is 0 Å². The van der Waals surface area contributed by atoms with Gasteiger partial charge in [-0.2, -0.15) is 0 Å². The van der Waals surface area contributed by atoms with Crippen molar-refractivity contribution in [2.24, 2.45) is 0 Å². The molecule has 452 valence electrons. The Hall–Kier alpha value is -1.28. The number of carbonyl (C=O) groups excluding carboxylic acids is 3. The summed E-state index contributed by atoms with van der Waals surface area (Å²) in [5.41, 5.74) is -0.467. The molecule has 0 spiro atoms. The van der Waals surface area contributed by atoms with Crippen LogP contribution in [0.5, 0.6) is 0 Å². The van der Waals surface area contributed by atoms with E-state index in [0.29, 0.717) is 25.9 Å². The molecule has 0 aromatic carbocycles. The lowest BCUT2D eigenvalue weighted by Crippen LogP contribution is -2.50. The van der Waals surface area contributed by atoms with E-state index >= 15 is 0 Å². The summed E-state index contributed by atoms with van der Waals surface area (Å²) >= 11 is 0. The third-order valence-corrected chi connectivity index (χ3v) is 25.4. The lowest BCUT2D eigenvalue weighted by atomic mass is 10.0. The third-order valence-electron chi connectivity index (χ3n) is 16.4. The topological polar surface area (TPSA) is 101 Å². The van der Waals surface area contributed by atoms with Crippen molar-refractivity contribution in [1.82, 2.24) is 4.90 Å². The van der Waals surface area contributed by atoms with E-state index in [4.69, 9.17) is 23.1 Å². The zero-order valence-electron chi connectivity index (χ0n) is 53.7. The molecular weight excluding hydrogens is 979 g/mol. The first-order valence-corrected chi connectivity index (χ1v) is 38.2. The third kappa shape index (κ3) is 41.7. The Bertz CT molecular complexity index is 1400. The standard InChI is InChI=1S/C65H131NO8Si2/c1-17-20-23-26-29-30-31-36-44-54-70-60(67)52-45-49-59(74-76(15,16)65(10,11)12)56-66(53-43-35-34-41-51-62(69)72-63(4,5)6)55-58(73-75(13,14)64(7,8)9)48-40-37-42-50-61(68)71-57(46-38-32-27-24-21-18-2)47-39-33-28-25-22-19-3/h57-59H,17-56H2,1-16H3. The minimum Gasteiger partial charge on any atom is -0.466 e. The molecule has 11 heteroatoms. The van der Waals surface area contributed by atoms with Gasteiger partial charge in [0.05, 0.1) is 18.8 Å². The molecule has 0 saturated carbocycles. The molecule has 0 radical (unpaired) electrons. The molecule has 0 saturated heterocycles. The highest BCUT2D eigenvalue weighted by atomic mass is 28.4. The zero-order chi connectivity index (χ0) is 57.4. The van der Waals surface area contributed by atoms with Crippen LogP contribution >= 0.6 is 0 Å². The molecular formula is C65H131NO8Si2. The second-order valence-electron chi connectivity index (χ2n) is 27.3. The summed E-state index contributed by atoms with van der Waals surface area (Å²) in [4.78, 5) is 41.6. The van der Waals surface area contributed by atoms with E-state index in [1.807, 2.05) is 20.8 Å². The lowest BCUT2D eigenvalue weighted by molar-refractivity contribution is -0.155. The average molecular weight is 1110 g/mol. The van der Waals surface area contributed by atoms with Crippen LogP contribution in [0.25, 0.3) is 0 Å². The highest BCUT2D eigenvalue weighted by Crippen LogP contribution is 2.39. The molecule has 0 aromatic rings. The highest BCUT2D eigenvalue weighted by Gasteiger charge is 2.41. The van der Waals surface area contributed by atoms with Gasteiger partial charge in [-0.25, -0.2) is 0 Å². The van der Waals surface area contributed by atoms with Crippen LogP contribution in [0.15, 0.2) is 0 Å². The highest BCUT2D eigenvalue weighted by molar-refractivity contribution is 6.74. The SMILES string of the molecule is CCCCCCCCCCCOC(=O)CCCC(CN(CCCCCCC(=O)OC(C)(C)C)CC(CCCCCC(=O)OC(CCCCCCCC)CCCCCCCC)O[Si](C)(C)C(C)(C)C)O[Si](C)(C)C(C)(C)C. The molecule has 0 amide bonds. The summed E-state index contributed by atoms with van der Waals surface area (Å²) in [5.74, 6) is -0.231. The summed E-state index contributed by atoms with van der Waals surface area (Å²) in [5, 5.41) is 0.105. The van der Waals surface area contributed by atoms with Gasteiger partial charge in [0.1, 0.15) is 11.7 Å². The summed E-state index contributed by atoms with van der Waals surface area (Å²) in [6.07, 6.45) is 38.8. The summed E-state index contributed by atoms with van der Waals surface area (Å²) in [6.45, 7) is 38.9. The van der Waals surface area contributed by atoms with E-state index < -0.39 is 22.2 Å². The minimum atomic E-state index is -2.16. The molecule has 0 aromatic heterocycles. The van der Waals surface area contributed by atoms with Crippen molar-refractivity contribution in [1.29, 1.82) is 0 Å². The number of hydrogen-bond donors (Lipinski definition) is 0. The van der Waals surface area contributed by atoms with Crippen molar-refractivity contribution >= 4 is 34.5 Å². The Balaban J connectivity index is 6.13. The Labute approximate surface area is 475 Å². The maximum absolute atomic E-state index is 13.4. The molecule has 0 fully saturated rings. The summed E-state index contributed by atoms with van der Waals surface area (Å²) in [6, 6.07) is 0. The smallest absolute Gasteiger partial charge is 0.306 e. The normalized spacial score (nSPS) is 13.7. The van der Waals surface area contributed by atoms with Gasteiger partial charge < -0.3 is 23.1 Å². The van der Waals surface area contributed by atoms with Crippen molar-refractivity contribution in [2.75, 3.05) is 26.2 Å². The molecule has 0 aliphatic rings. The molecule has 0 heterocycles. The number of carbonyl (C=O) groups is 3. The first-order valence-electron chi connectivity index (χ1n) is 32.4. The summed E-state index contributed by atoms with van der Waals surface area (Å²) < 4.78 is 32.2. The van der Waals surface area contributed by atoms with E-state index in [-0.39, 0.29) is 46.3 Å². The molecule has 9 nitrogen and oxygen atoms in total. The van der Waals surface area contributed by atoms with Crippen molar-refractivity contribution in [3.8, 4) is 0 Å². The van der Waals surface area contributed by atoms with Crippen molar-refractivity contribution in [3.63, 3.8) is 0 Å². The Kier molecular flexibility index (Phi) is 42.7. The number of ether oxygens (including phenoxy) is 3. The monoisotopic (exact) mass is 1110 g/mol. The lowest BCUT2D eigenvalue weighted by Gasteiger charge is -2.42. The number of unbranched alkanes of at least 4 members (excludes halogenated alkanes) is 23. The first-order chi connectivity index (χ1) is 35.8. The van der Waals surface area contributed by atoms with Crippen molar-refractivity contribution < 1.29 is 37.4 Å². The minimum absolute atomic E-state index is 0.0202. The van der Waals surface area contributed by atoms with Crippen molar-refractivity contribution in [2.45, 2.75) is 374 Å². The van der Waals surface area contributed by atoms with Crippen LogP contribution in [0, 0.1) is 0 Å². The maximum atomic E-state index is 13.4. The quantitative estimate of drug-likeness (QED) is 0.0255. The van der Waals surface area contributed by atoms with Crippen LogP contribution in [0.1, 0.15) is 314 Å².